The standard InChI is InChI=1S/C18H24ClFN2O/c19-16-4-1-5-17(20)15(16)12-22-10-2-3-13(11-22)6-9-18(23)21-14-7-8-14/h1,4-5,13-14H,2-3,6-12H2,(H,21,23)/t13-/m1/s1. The van der Waals surface area contributed by atoms with Crippen molar-refractivity contribution in [2.24, 2.45) is 5.92 Å². The summed E-state index contributed by atoms with van der Waals surface area (Å²) in [5, 5.41) is 3.54. The zero-order valence-corrected chi connectivity index (χ0v) is 14.1. The molecule has 0 aromatic heterocycles. The average Bonchev–Trinajstić information content (AvgIpc) is 3.33. The molecule has 1 saturated heterocycles. The van der Waals surface area contributed by atoms with Gasteiger partial charge in [0.05, 0.1) is 0 Å². The van der Waals surface area contributed by atoms with E-state index in [1.807, 2.05) is 0 Å². The predicted octanol–water partition coefficient (Wildman–Crippen LogP) is 3.75. The molecule has 2 fully saturated rings. The quantitative estimate of drug-likeness (QED) is 0.856. The number of amides is 1. The molecule has 0 spiro atoms. The molecule has 1 aliphatic heterocycles. The van der Waals surface area contributed by atoms with Crippen LogP contribution in [0.15, 0.2) is 18.2 Å². The van der Waals surface area contributed by atoms with Crippen molar-refractivity contribution in [3.63, 3.8) is 0 Å². The summed E-state index contributed by atoms with van der Waals surface area (Å²) in [6.45, 7) is 2.44. The van der Waals surface area contributed by atoms with Crippen LogP contribution in [0.3, 0.4) is 0 Å². The van der Waals surface area contributed by atoms with Crippen LogP contribution < -0.4 is 5.32 Å². The number of nitrogens with zero attached hydrogens (tertiary/aromatic N) is 1. The SMILES string of the molecule is O=C(CC[C@H]1CCCN(Cc2c(F)cccc2Cl)C1)NC1CC1. The van der Waals surface area contributed by atoms with Crippen LogP contribution in [0.5, 0.6) is 0 Å². The van der Waals surface area contributed by atoms with Gasteiger partial charge in [-0.25, -0.2) is 4.39 Å². The van der Waals surface area contributed by atoms with Gasteiger partial charge in [0, 0.05) is 36.1 Å². The van der Waals surface area contributed by atoms with Gasteiger partial charge in [-0.05, 0) is 56.7 Å². The van der Waals surface area contributed by atoms with E-state index in [0.29, 0.717) is 35.5 Å². The zero-order chi connectivity index (χ0) is 16.2. The van der Waals surface area contributed by atoms with Crippen LogP contribution in [0.4, 0.5) is 4.39 Å². The molecule has 1 atom stereocenters. The second-order valence-corrected chi connectivity index (χ2v) is 7.23. The molecule has 1 aromatic carbocycles. The first-order valence-electron chi connectivity index (χ1n) is 8.56. The van der Waals surface area contributed by atoms with Gasteiger partial charge in [0.1, 0.15) is 5.82 Å². The van der Waals surface area contributed by atoms with E-state index >= 15 is 0 Å². The Morgan fingerprint density at radius 1 is 1.35 bits per heavy atom. The maximum atomic E-state index is 13.9. The van der Waals surface area contributed by atoms with Gasteiger partial charge in [-0.2, -0.15) is 0 Å². The largest absolute Gasteiger partial charge is 0.353 e. The number of benzene rings is 1. The van der Waals surface area contributed by atoms with Crippen molar-refractivity contribution in [2.45, 2.75) is 51.1 Å². The summed E-state index contributed by atoms with van der Waals surface area (Å²) in [5.74, 6) is 0.462. The van der Waals surface area contributed by atoms with Crippen molar-refractivity contribution in [2.75, 3.05) is 13.1 Å². The molecule has 1 N–H and O–H groups in total. The van der Waals surface area contributed by atoms with Crippen molar-refractivity contribution in [3.05, 3.63) is 34.6 Å². The van der Waals surface area contributed by atoms with E-state index in [0.717, 1.165) is 45.2 Å². The van der Waals surface area contributed by atoms with Crippen LogP contribution in [0, 0.1) is 11.7 Å². The first-order valence-corrected chi connectivity index (χ1v) is 8.94. The molecule has 2 aliphatic rings. The van der Waals surface area contributed by atoms with Crippen LogP contribution in [-0.2, 0) is 11.3 Å². The molecule has 0 radical (unpaired) electrons. The van der Waals surface area contributed by atoms with Crippen molar-refractivity contribution in [3.8, 4) is 0 Å². The van der Waals surface area contributed by atoms with Crippen molar-refractivity contribution >= 4 is 17.5 Å². The van der Waals surface area contributed by atoms with Crippen LogP contribution in [0.2, 0.25) is 5.02 Å². The van der Waals surface area contributed by atoms with Gasteiger partial charge in [-0.3, -0.25) is 9.69 Å². The van der Waals surface area contributed by atoms with Gasteiger partial charge in [0.15, 0.2) is 0 Å². The van der Waals surface area contributed by atoms with Gasteiger partial charge < -0.3 is 5.32 Å². The third-order valence-corrected chi connectivity index (χ3v) is 5.12. The van der Waals surface area contributed by atoms with E-state index < -0.39 is 0 Å². The molecule has 3 rings (SSSR count). The summed E-state index contributed by atoms with van der Waals surface area (Å²) >= 11 is 6.12. The fraction of sp³-hybridized carbons (Fsp3) is 0.611. The summed E-state index contributed by atoms with van der Waals surface area (Å²) in [5.41, 5.74) is 0.585. The van der Waals surface area contributed by atoms with Gasteiger partial charge >= 0.3 is 0 Å². The Bertz CT molecular complexity index is 542. The summed E-state index contributed by atoms with van der Waals surface area (Å²) in [6, 6.07) is 5.28. The van der Waals surface area contributed by atoms with E-state index in [4.69, 9.17) is 11.6 Å². The normalized spacial score (nSPS) is 22.1. The second-order valence-electron chi connectivity index (χ2n) is 6.82. The number of likely N-dealkylation sites (tertiary alicyclic amines) is 1. The summed E-state index contributed by atoms with van der Waals surface area (Å²) in [4.78, 5) is 14.1. The van der Waals surface area contributed by atoms with Gasteiger partial charge in [-0.15, -0.1) is 0 Å². The van der Waals surface area contributed by atoms with Gasteiger partial charge in [0.2, 0.25) is 5.91 Å². The molecule has 1 aliphatic carbocycles. The van der Waals surface area contributed by atoms with Crippen LogP contribution in [-0.4, -0.2) is 29.9 Å². The number of piperidine rings is 1. The number of hydrogen-bond acceptors (Lipinski definition) is 2. The fourth-order valence-corrected chi connectivity index (χ4v) is 3.52. The second kappa shape index (κ2) is 7.63. The summed E-state index contributed by atoms with van der Waals surface area (Å²) < 4.78 is 13.9. The van der Waals surface area contributed by atoms with Crippen LogP contribution in [0.25, 0.3) is 0 Å². The number of carbonyl (C=O) groups excluding carboxylic acids is 1. The van der Waals surface area contributed by atoms with E-state index in [1.54, 1.807) is 12.1 Å². The molecule has 126 valence electrons. The lowest BCUT2D eigenvalue weighted by molar-refractivity contribution is -0.121. The van der Waals surface area contributed by atoms with Crippen molar-refractivity contribution < 1.29 is 9.18 Å². The minimum absolute atomic E-state index is 0.182. The highest BCUT2D eigenvalue weighted by Crippen LogP contribution is 2.26. The molecule has 23 heavy (non-hydrogen) atoms. The molecule has 3 nitrogen and oxygen atoms in total. The topological polar surface area (TPSA) is 32.3 Å². The Morgan fingerprint density at radius 2 is 2.17 bits per heavy atom. The lowest BCUT2D eigenvalue weighted by Gasteiger charge is -2.33. The first-order chi connectivity index (χ1) is 11.1. The van der Waals surface area contributed by atoms with E-state index in [2.05, 4.69) is 10.2 Å². The highest BCUT2D eigenvalue weighted by molar-refractivity contribution is 6.31. The molecule has 5 heteroatoms. The molecule has 1 amide bonds. The van der Waals surface area contributed by atoms with Crippen LogP contribution in [0.1, 0.15) is 44.1 Å². The zero-order valence-electron chi connectivity index (χ0n) is 13.4. The maximum Gasteiger partial charge on any atom is 0.220 e. The highest BCUT2D eigenvalue weighted by atomic mass is 35.5. The third-order valence-electron chi connectivity index (χ3n) is 4.77. The smallest absolute Gasteiger partial charge is 0.220 e. The minimum Gasteiger partial charge on any atom is -0.353 e. The number of nitrogens with one attached hydrogen (secondary N) is 1. The monoisotopic (exact) mass is 338 g/mol. The van der Waals surface area contributed by atoms with Crippen molar-refractivity contribution in [1.82, 2.24) is 10.2 Å². The summed E-state index contributed by atoms with van der Waals surface area (Å²) in [7, 11) is 0. The third kappa shape index (κ3) is 4.92. The molecule has 1 saturated carbocycles. The summed E-state index contributed by atoms with van der Waals surface area (Å²) in [6.07, 6.45) is 6.04. The molecule has 1 heterocycles. The number of carbonyl (C=O) groups is 1. The average molecular weight is 339 g/mol. The molecular formula is C18H24ClFN2O. The molecule has 0 unspecified atom stereocenters. The molecule has 0 bridgehead atoms. The Kier molecular flexibility index (Phi) is 5.54. The number of rotatable bonds is 6. The number of hydrogen-bond donors (Lipinski definition) is 1. The maximum absolute atomic E-state index is 13.9. The lowest BCUT2D eigenvalue weighted by atomic mass is 9.93. The molecular weight excluding hydrogens is 315 g/mol. The minimum atomic E-state index is -0.233. The van der Waals surface area contributed by atoms with Crippen LogP contribution >= 0.6 is 11.6 Å². The Morgan fingerprint density at radius 3 is 2.91 bits per heavy atom. The Balaban J connectivity index is 1.48. The van der Waals surface area contributed by atoms with E-state index in [-0.39, 0.29) is 11.7 Å². The Labute approximate surface area is 142 Å². The van der Waals surface area contributed by atoms with E-state index in [1.165, 1.54) is 6.07 Å². The molecule has 1 aromatic rings. The van der Waals surface area contributed by atoms with E-state index in [9.17, 15) is 9.18 Å². The first kappa shape index (κ1) is 16.7. The van der Waals surface area contributed by atoms with Crippen molar-refractivity contribution in [1.29, 1.82) is 0 Å². The highest BCUT2D eigenvalue weighted by Gasteiger charge is 2.25. The van der Waals surface area contributed by atoms with Gasteiger partial charge in [-0.1, -0.05) is 17.7 Å². The van der Waals surface area contributed by atoms with Gasteiger partial charge in [0.25, 0.3) is 0 Å². The Hall–Kier alpha value is -1.13. The number of halogens is 2. The predicted molar refractivity (Wildman–Crippen MR) is 89.8 cm³/mol. The lowest BCUT2D eigenvalue weighted by Crippen LogP contribution is -2.36. The fourth-order valence-electron chi connectivity index (χ4n) is 3.30.